The first-order chi connectivity index (χ1) is 12.3. The highest BCUT2D eigenvalue weighted by molar-refractivity contribution is 5.47. The lowest BCUT2D eigenvalue weighted by Gasteiger charge is -2.13. The summed E-state index contributed by atoms with van der Waals surface area (Å²) in [5, 5.41) is 3.46. The van der Waals surface area contributed by atoms with Crippen LogP contribution < -0.4 is 14.8 Å². The van der Waals surface area contributed by atoms with Gasteiger partial charge in [0.25, 0.3) is 0 Å². The zero-order chi connectivity index (χ0) is 17.7. The molecule has 2 rings (SSSR count). The van der Waals surface area contributed by atoms with Gasteiger partial charge in [-0.1, -0.05) is 51.3 Å². The molecule has 136 valence electrons. The summed E-state index contributed by atoms with van der Waals surface area (Å²) in [5.74, 6) is 1.91. The number of para-hydroxylation sites is 1. The van der Waals surface area contributed by atoms with Gasteiger partial charge >= 0.3 is 0 Å². The van der Waals surface area contributed by atoms with Gasteiger partial charge in [-0.3, -0.25) is 0 Å². The molecule has 0 unspecified atom stereocenters. The van der Waals surface area contributed by atoms with Crippen LogP contribution in [-0.4, -0.2) is 13.2 Å². The highest BCUT2D eigenvalue weighted by Gasteiger charge is 2.03. The number of hydrogen-bond acceptors (Lipinski definition) is 3. The topological polar surface area (TPSA) is 30.5 Å². The fraction of sp³-hybridized carbons (Fsp3) is 0.455. The Bertz CT molecular complexity index is 595. The zero-order valence-electron chi connectivity index (χ0n) is 15.6. The van der Waals surface area contributed by atoms with Crippen molar-refractivity contribution >= 4 is 5.69 Å². The molecule has 0 spiro atoms. The summed E-state index contributed by atoms with van der Waals surface area (Å²) >= 11 is 0. The van der Waals surface area contributed by atoms with Crippen molar-refractivity contribution in [2.24, 2.45) is 0 Å². The molecule has 0 saturated heterocycles. The van der Waals surface area contributed by atoms with Crippen LogP contribution in [0.5, 0.6) is 11.5 Å². The molecule has 0 aliphatic carbocycles. The molecule has 0 saturated carbocycles. The molecule has 2 aromatic rings. The van der Waals surface area contributed by atoms with Gasteiger partial charge in [-0.2, -0.15) is 0 Å². The van der Waals surface area contributed by atoms with Crippen LogP contribution in [0.4, 0.5) is 5.69 Å². The van der Waals surface area contributed by atoms with Gasteiger partial charge in [-0.05, 0) is 43.2 Å². The third-order valence-corrected chi connectivity index (χ3v) is 4.08. The van der Waals surface area contributed by atoms with Crippen molar-refractivity contribution < 1.29 is 9.47 Å². The molecule has 0 aliphatic heterocycles. The van der Waals surface area contributed by atoms with E-state index in [9.17, 15) is 0 Å². The Morgan fingerprint density at radius 3 is 2.24 bits per heavy atom. The second-order valence-electron chi connectivity index (χ2n) is 6.24. The average molecular weight is 341 g/mol. The van der Waals surface area contributed by atoms with Gasteiger partial charge in [0, 0.05) is 17.8 Å². The van der Waals surface area contributed by atoms with Crippen LogP contribution in [0.3, 0.4) is 0 Å². The van der Waals surface area contributed by atoms with Crippen LogP contribution >= 0.6 is 0 Å². The molecule has 3 heteroatoms. The highest BCUT2D eigenvalue weighted by Crippen LogP contribution is 2.21. The molecule has 1 N–H and O–H groups in total. The van der Waals surface area contributed by atoms with Gasteiger partial charge in [0.05, 0.1) is 13.2 Å². The molecule has 0 radical (unpaired) electrons. The number of nitrogens with one attached hydrogen (secondary N) is 1. The standard InChI is InChI=1S/C22H31NO2/c1-3-5-9-17-25-22-11-8-7-10-19(22)18-23-20-12-14-21(15-13-20)24-16-6-4-2/h7-8,10-15,23H,3-6,9,16-18H2,1-2H3. The summed E-state index contributed by atoms with van der Waals surface area (Å²) in [7, 11) is 0. The van der Waals surface area contributed by atoms with Gasteiger partial charge in [0.2, 0.25) is 0 Å². The Balaban J connectivity index is 1.84. The van der Waals surface area contributed by atoms with E-state index in [1.807, 2.05) is 24.3 Å². The van der Waals surface area contributed by atoms with Crippen LogP contribution in [0.25, 0.3) is 0 Å². The lowest BCUT2D eigenvalue weighted by atomic mass is 10.2. The van der Waals surface area contributed by atoms with Gasteiger partial charge in [-0.15, -0.1) is 0 Å². The van der Waals surface area contributed by atoms with Gasteiger partial charge in [0.15, 0.2) is 0 Å². The minimum Gasteiger partial charge on any atom is -0.494 e. The van der Waals surface area contributed by atoms with E-state index >= 15 is 0 Å². The Morgan fingerprint density at radius 1 is 0.760 bits per heavy atom. The second kappa shape index (κ2) is 11.4. The monoisotopic (exact) mass is 341 g/mol. The van der Waals surface area contributed by atoms with Gasteiger partial charge in [-0.25, -0.2) is 0 Å². The SMILES string of the molecule is CCCCCOc1ccccc1CNc1ccc(OCCCC)cc1. The molecule has 0 bridgehead atoms. The summed E-state index contributed by atoms with van der Waals surface area (Å²) in [4.78, 5) is 0. The van der Waals surface area contributed by atoms with Gasteiger partial charge < -0.3 is 14.8 Å². The number of hydrogen-bond donors (Lipinski definition) is 1. The first-order valence-electron chi connectivity index (χ1n) is 9.51. The van der Waals surface area contributed by atoms with Crippen molar-refractivity contribution in [3.8, 4) is 11.5 Å². The fourth-order valence-electron chi connectivity index (χ4n) is 2.53. The average Bonchev–Trinajstić information content (AvgIpc) is 2.65. The van der Waals surface area contributed by atoms with Crippen LogP contribution in [0, 0.1) is 0 Å². The van der Waals surface area contributed by atoms with Crippen molar-refractivity contribution in [2.45, 2.75) is 52.5 Å². The summed E-state index contributed by atoms with van der Waals surface area (Å²) in [5.41, 5.74) is 2.27. The Labute approximate surface area is 152 Å². The summed E-state index contributed by atoms with van der Waals surface area (Å²) < 4.78 is 11.6. The first kappa shape index (κ1) is 19.2. The molecule has 0 amide bonds. The van der Waals surface area contributed by atoms with E-state index in [2.05, 4.69) is 43.4 Å². The molecule has 0 heterocycles. The molecule has 0 aliphatic rings. The maximum Gasteiger partial charge on any atom is 0.124 e. The van der Waals surface area contributed by atoms with E-state index in [0.29, 0.717) is 0 Å². The maximum atomic E-state index is 5.94. The molecule has 0 fully saturated rings. The summed E-state index contributed by atoms with van der Waals surface area (Å²) in [6.07, 6.45) is 5.78. The number of anilines is 1. The highest BCUT2D eigenvalue weighted by atomic mass is 16.5. The van der Waals surface area contributed by atoms with E-state index in [4.69, 9.17) is 9.47 Å². The van der Waals surface area contributed by atoms with E-state index in [1.165, 1.54) is 18.4 Å². The van der Waals surface area contributed by atoms with Crippen molar-refractivity contribution in [1.29, 1.82) is 0 Å². The first-order valence-corrected chi connectivity index (χ1v) is 9.51. The van der Waals surface area contributed by atoms with Crippen molar-refractivity contribution in [3.63, 3.8) is 0 Å². The summed E-state index contributed by atoms with van der Waals surface area (Å²) in [6.45, 7) is 6.69. The van der Waals surface area contributed by atoms with Crippen LogP contribution in [0.1, 0.15) is 51.5 Å². The van der Waals surface area contributed by atoms with E-state index < -0.39 is 0 Å². The molecule has 0 aromatic heterocycles. The van der Waals surface area contributed by atoms with E-state index in [0.717, 1.165) is 56.2 Å². The van der Waals surface area contributed by atoms with Gasteiger partial charge in [0.1, 0.15) is 11.5 Å². The predicted molar refractivity (Wildman–Crippen MR) is 106 cm³/mol. The summed E-state index contributed by atoms with van der Waals surface area (Å²) in [6, 6.07) is 16.4. The third kappa shape index (κ3) is 7.08. The Kier molecular flexibility index (Phi) is 8.74. The van der Waals surface area contributed by atoms with Crippen molar-refractivity contribution in [3.05, 3.63) is 54.1 Å². The quantitative estimate of drug-likeness (QED) is 0.477. The molecular weight excluding hydrogens is 310 g/mol. The minimum atomic E-state index is 0.750. The molecule has 3 nitrogen and oxygen atoms in total. The normalized spacial score (nSPS) is 10.5. The molecule has 2 aromatic carbocycles. The number of ether oxygens (including phenoxy) is 2. The maximum absolute atomic E-state index is 5.94. The number of benzene rings is 2. The Morgan fingerprint density at radius 2 is 1.48 bits per heavy atom. The molecule has 0 atom stereocenters. The minimum absolute atomic E-state index is 0.750. The second-order valence-corrected chi connectivity index (χ2v) is 6.24. The van der Waals surface area contributed by atoms with Crippen LogP contribution in [0.2, 0.25) is 0 Å². The third-order valence-electron chi connectivity index (χ3n) is 4.08. The molecule has 25 heavy (non-hydrogen) atoms. The van der Waals surface area contributed by atoms with Crippen molar-refractivity contribution in [2.75, 3.05) is 18.5 Å². The lowest BCUT2D eigenvalue weighted by molar-refractivity contribution is 0.303. The largest absolute Gasteiger partial charge is 0.494 e. The van der Waals surface area contributed by atoms with Crippen LogP contribution in [0.15, 0.2) is 48.5 Å². The zero-order valence-corrected chi connectivity index (χ0v) is 15.6. The smallest absolute Gasteiger partial charge is 0.124 e. The Hall–Kier alpha value is -2.16. The molecular formula is C22H31NO2. The predicted octanol–water partition coefficient (Wildman–Crippen LogP) is 6.05. The lowest BCUT2D eigenvalue weighted by Crippen LogP contribution is -2.04. The van der Waals surface area contributed by atoms with E-state index in [1.54, 1.807) is 0 Å². The van der Waals surface area contributed by atoms with E-state index in [-0.39, 0.29) is 0 Å². The van der Waals surface area contributed by atoms with Crippen LogP contribution in [-0.2, 0) is 6.54 Å². The van der Waals surface area contributed by atoms with Crippen molar-refractivity contribution in [1.82, 2.24) is 0 Å². The number of rotatable bonds is 12. The fourth-order valence-corrected chi connectivity index (χ4v) is 2.53. The number of unbranched alkanes of at least 4 members (excludes halogenated alkanes) is 3.